The summed E-state index contributed by atoms with van der Waals surface area (Å²) >= 11 is 0. The molecule has 0 saturated carbocycles. The molecular formula is C42H24F12O4P2. The van der Waals surface area contributed by atoms with E-state index in [-0.39, 0.29) is 10.6 Å². The van der Waals surface area contributed by atoms with Gasteiger partial charge < -0.3 is 18.9 Å². The maximum Gasteiger partial charge on any atom is 0.478 e. The standard InChI is InChI=1S/C42H24F12O4P2/c43-39(44,45)37(40(46,47)48)55-29-21-23-31(59(25-13-5-1-6-14-25)26-15-7-2-8-16-26)33(35(29)57-37)34-32(60(27-17-9-3-10-18-27)28-19-11-4-12-20-28)24-22-30-36(34)58-38(56-30,41(49,50)51)42(52,53)54/h1-24H. The molecule has 0 bridgehead atoms. The summed E-state index contributed by atoms with van der Waals surface area (Å²) in [6, 6.07) is 36.1. The van der Waals surface area contributed by atoms with Gasteiger partial charge in [0.15, 0.2) is 23.0 Å². The van der Waals surface area contributed by atoms with Crippen molar-refractivity contribution in [3.8, 4) is 34.1 Å². The van der Waals surface area contributed by atoms with Crippen LogP contribution in [0.3, 0.4) is 0 Å². The van der Waals surface area contributed by atoms with E-state index in [1.807, 2.05) is 0 Å². The number of hydrogen-bond donors (Lipinski definition) is 0. The van der Waals surface area contributed by atoms with E-state index in [4.69, 9.17) is 9.47 Å². The molecule has 310 valence electrons. The van der Waals surface area contributed by atoms with E-state index < -0.39 is 86.2 Å². The van der Waals surface area contributed by atoms with Crippen LogP contribution in [-0.4, -0.2) is 36.3 Å². The van der Waals surface area contributed by atoms with Gasteiger partial charge in [-0.3, -0.25) is 0 Å². The molecule has 60 heavy (non-hydrogen) atoms. The Hall–Kier alpha value is -5.46. The fourth-order valence-electron chi connectivity index (χ4n) is 6.91. The summed E-state index contributed by atoms with van der Waals surface area (Å²) in [4.78, 5) is 0. The molecular weight excluding hydrogens is 858 g/mol. The fraction of sp³-hybridized carbons (Fsp3) is 0.143. The topological polar surface area (TPSA) is 36.9 Å². The lowest BCUT2D eigenvalue weighted by Gasteiger charge is -2.32. The van der Waals surface area contributed by atoms with E-state index in [9.17, 15) is 52.7 Å². The van der Waals surface area contributed by atoms with Gasteiger partial charge in [0, 0.05) is 11.1 Å². The molecule has 0 amide bonds. The summed E-state index contributed by atoms with van der Waals surface area (Å²) in [7, 11) is -4.26. The summed E-state index contributed by atoms with van der Waals surface area (Å²) < 4.78 is 197. The summed E-state index contributed by atoms with van der Waals surface area (Å²) in [5, 5.41) is 1.51. The number of halogens is 12. The molecule has 0 spiro atoms. The highest BCUT2D eigenvalue weighted by atomic mass is 31.1. The van der Waals surface area contributed by atoms with Crippen molar-refractivity contribution in [2.45, 2.75) is 36.3 Å². The minimum atomic E-state index is -6.32. The number of alkyl halides is 12. The van der Waals surface area contributed by atoms with E-state index in [1.165, 1.54) is 0 Å². The second-order valence-corrected chi connectivity index (χ2v) is 17.6. The molecule has 4 nitrogen and oxygen atoms in total. The molecule has 0 radical (unpaired) electrons. The molecule has 0 aromatic heterocycles. The molecule has 0 fully saturated rings. The van der Waals surface area contributed by atoms with E-state index in [0.29, 0.717) is 21.2 Å². The Balaban J connectivity index is 1.56. The van der Waals surface area contributed by atoms with Crippen molar-refractivity contribution in [3.63, 3.8) is 0 Å². The second kappa shape index (κ2) is 14.6. The van der Waals surface area contributed by atoms with Crippen LogP contribution < -0.4 is 50.8 Å². The molecule has 2 aliphatic rings. The van der Waals surface area contributed by atoms with Gasteiger partial charge >= 0.3 is 36.3 Å². The number of rotatable bonds is 7. The van der Waals surface area contributed by atoms with Gasteiger partial charge in [0.1, 0.15) is 0 Å². The summed E-state index contributed by atoms with van der Waals surface area (Å²) in [5.74, 6) is -15.5. The van der Waals surface area contributed by atoms with Crippen LogP contribution in [0.2, 0.25) is 0 Å². The Morgan fingerprint density at radius 1 is 0.317 bits per heavy atom. The van der Waals surface area contributed by atoms with Crippen LogP contribution in [0.5, 0.6) is 23.0 Å². The van der Waals surface area contributed by atoms with Crippen molar-refractivity contribution < 1.29 is 71.6 Å². The lowest BCUT2D eigenvalue weighted by atomic mass is 10.0. The first-order valence-electron chi connectivity index (χ1n) is 17.5. The Morgan fingerprint density at radius 3 is 0.800 bits per heavy atom. The third-order valence-corrected chi connectivity index (χ3v) is 14.4. The van der Waals surface area contributed by atoms with Crippen LogP contribution in [0.15, 0.2) is 146 Å². The molecule has 0 atom stereocenters. The average Bonchev–Trinajstić information content (AvgIpc) is 3.82. The Kier molecular flexibility index (Phi) is 10.1. The smallest absolute Gasteiger partial charge is 0.434 e. The first-order valence-corrected chi connectivity index (χ1v) is 20.1. The molecule has 0 N–H and O–H groups in total. The van der Waals surface area contributed by atoms with E-state index in [0.717, 1.165) is 24.3 Å². The van der Waals surface area contributed by atoms with E-state index in [1.54, 1.807) is 121 Å². The van der Waals surface area contributed by atoms with Crippen molar-refractivity contribution in [2.75, 3.05) is 0 Å². The maximum atomic E-state index is 14.8. The molecule has 6 aromatic carbocycles. The first-order chi connectivity index (χ1) is 28.3. The normalized spacial score (nSPS) is 15.8. The Morgan fingerprint density at radius 2 is 0.567 bits per heavy atom. The van der Waals surface area contributed by atoms with Crippen molar-refractivity contribution >= 4 is 47.7 Å². The highest BCUT2D eigenvalue weighted by Gasteiger charge is 2.81. The molecule has 0 unspecified atom stereocenters. The lowest BCUT2D eigenvalue weighted by Crippen LogP contribution is -2.63. The highest BCUT2D eigenvalue weighted by Crippen LogP contribution is 2.62. The lowest BCUT2D eigenvalue weighted by molar-refractivity contribution is -0.412. The van der Waals surface area contributed by atoms with Crippen molar-refractivity contribution in [3.05, 3.63) is 146 Å². The zero-order valence-corrected chi connectivity index (χ0v) is 31.7. The molecule has 2 heterocycles. The van der Waals surface area contributed by atoms with Crippen LogP contribution in [0, 0.1) is 0 Å². The SMILES string of the molecule is FC(F)(F)C1(C(F)(F)F)Oc2ccc(P(c3ccccc3)c3ccccc3)c(-c3c(P(c4ccccc4)c4ccccc4)ccc4c3OC(C(F)(F)F)(C(F)(F)F)O4)c2O1. The van der Waals surface area contributed by atoms with Crippen LogP contribution >= 0.6 is 15.8 Å². The quantitative estimate of drug-likeness (QED) is 0.118. The minimum Gasteiger partial charge on any atom is -0.434 e. The summed E-state index contributed by atoms with van der Waals surface area (Å²) in [6.07, 6.45) is -25.3. The van der Waals surface area contributed by atoms with Gasteiger partial charge in [-0.15, -0.1) is 0 Å². The third-order valence-electron chi connectivity index (χ3n) is 9.48. The first kappa shape index (κ1) is 41.3. The van der Waals surface area contributed by atoms with E-state index in [2.05, 4.69) is 9.47 Å². The van der Waals surface area contributed by atoms with Gasteiger partial charge in [-0.05, 0) is 71.9 Å². The molecule has 0 saturated heterocycles. The van der Waals surface area contributed by atoms with Gasteiger partial charge in [-0.25, -0.2) is 0 Å². The second-order valence-electron chi connectivity index (χ2n) is 13.2. The average molecular weight is 883 g/mol. The van der Waals surface area contributed by atoms with Gasteiger partial charge in [0.2, 0.25) is 0 Å². The van der Waals surface area contributed by atoms with Crippen LogP contribution in [0.1, 0.15) is 0 Å². The predicted molar refractivity (Wildman–Crippen MR) is 201 cm³/mol. The minimum absolute atomic E-state index is 0.129. The number of benzene rings is 6. The Bertz CT molecular complexity index is 2230. The summed E-state index contributed by atoms with van der Waals surface area (Å²) in [5.41, 5.74) is -1.48. The molecule has 6 aromatic rings. The summed E-state index contributed by atoms with van der Waals surface area (Å²) in [6.45, 7) is 0. The van der Waals surface area contributed by atoms with Crippen LogP contribution in [0.4, 0.5) is 52.7 Å². The third kappa shape index (κ3) is 6.68. The highest BCUT2D eigenvalue weighted by molar-refractivity contribution is 7.80. The van der Waals surface area contributed by atoms with Crippen molar-refractivity contribution in [1.82, 2.24) is 0 Å². The fourth-order valence-corrected chi connectivity index (χ4v) is 11.8. The van der Waals surface area contributed by atoms with E-state index >= 15 is 0 Å². The van der Waals surface area contributed by atoms with Crippen LogP contribution in [-0.2, 0) is 0 Å². The number of hydrogen-bond acceptors (Lipinski definition) is 4. The van der Waals surface area contributed by atoms with Gasteiger partial charge in [0.25, 0.3) is 0 Å². The van der Waals surface area contributed by atoms with Crippen molar-refractivity contribution in [2.24, 2.45) is 0 Å². The molecule has 2 aliphatic heterocycles. The zero-order valence-electron chi connectivity index (χ0n) is 29.9. The molecule has 0 aliphatic carbocycles. The largest absolute Gasteiger partial charge is 0.478 e. The zero-order chi connectivity index (χ0) is 42.9. The Labute approximate surface area is 334 Å². The van der Waals surface area contributed by atoms with Crippen molar-refractivity contribution in [1.29, 1.82) is 0 Å². The maximum absolute atomic E-state index is 14.8. The number of fused-ring (bicyclic) bond motifs is 2. The van der Waals surface area contributed by atoms with Crippen LogP contribution in [0.25, 0.3) is 11.1 Å². The molecule has 18 heteroatoms. The van der Waals surface area contributed by atoms with Gasteiger partial charge in [-0.1, -0.05) is 121 Å². The predicted octanol–water partition coefficient (Wildman–Crippen LogP) is 10.1. The monoisotopic (exact) mass is 882 g/mol. The van der Waals surface area contributed by atoms with Gasteiger partial charge in [-0.2, -0.15) is 52.7 Å². The van der Waals surface area contributed by atoms with Gasteiger partial charge in [0.05, 0.1) is 0 Å². The molecule has 8 rings (SSSR count). The number of ether oxygens (including phenoxy) is 4.